The second-order valence-corrected chi connectivity index (χ2v) is 6.41. The second kappa shape index (κ2) is 9.08. The number of nitrogens with one attached hydrogen (secondary N) is 2. The molecule has 1 heterocycles. The third-order valence-electron chi connectivity index (χ3n) is 4.49. The second-order valence-electron chi connectivity index (χ2n) is 6.41. The first kappa shape index (κ1) is 19.5. The maximum Gasteiger partial charge on any atom is 0.338 e. The van der Waals surface area contributed by atoms with Crippen LogP contribution in [0.1, 0.15) is 31.0 Å². The summed E-state index contributed by atoms with van der Waals surface area (Å²) < 4.78 is 11.2. The minimum Gasteiger partial charge on any atom is -0.494 e. The molecule has 0 spiro atoms. The van der Waals surface area contributed by atoms with E-state index in [1.807, 2.05) is 61.5 Å². The minimum atomic E-state index is -0.638. The molecule has 6 nitrogen and oxygen atoms in total. The number of para-hydroxylation sites is 1. The average molecular weight is 380 g/mol. The first-order chi connectivity index (χ1) is 13.6. The molecule has 2 aromatic carbocycles. The third-order valence-corrected chi connectivity index (χ3v) is 4.49. The number of rotatable bonds is 7. The highest BCUT2D eigenvalue weighted by Gasteiger charge is 2.33. The van der Waals surface area contributed by atoms with Gasteiger partial charge in [0.05, 0.1) is 24.8 Å². The van der Waals surface area contributed by atoms with Crippen LogP contribution in [-0.2, 0) is 16.0 Å². The first-order valence-corrected chi connectivity index (χ1v) is 9.31. The summed E-state index contributed by atoms with van der Waals surface area (Å²) in [7, 11) is 0. The summed E-state index contributed by atoms with van der Waals surface area (Å²) in [4.78, 5) is 24.9. The van der Waals surface area contributed by atoms with Gasteiger partial charge in [-0.05, 0) is 25.5 Å². The highest BCUT2D eigenvalue weighted by Crippen LogP contribution is 2.33. The monoisotopic (exact) mass is 380 g/mol. The van der Waals surface area contributed by atoms with E-state index in [-0.39, 0.29) is 12.6 Å². The normalized spacial score (nSPS) is 16.2. The zero-order valence-electron chi connectivity index (χ0n) is 16.0. The van der Waals surface area contributed by atoms with Gasteiger partial charge in [0.25, 0.3) is 0 Å². The molecule has 1 aliphatic heterocycles. The van der Waals surface area contributed by atoms with E-state index in [0.717, 1.165) is 5.56 Å². The third kappa shape index (κ3) is 4.52. The van der Waals surface area contributed by atoms with Crippen molar-refractivity contribution in [3.8, 4) is 5.75 Å². The van der Waals surface area contributed by atoms with Crippen molar-refractivity contribution in [1.29, 1.82) is 0 Å². The lowest BCUT2D eigenvalue weighted by molar-refractivity contribution is -0.139. The van der Waals surface area contributed by atoms with Crippen molar-refractivity contribution < 1.29 is 19.1 Å². The summed E-state index contributed by atoms with van der Waals surface area (Å²) in [6, 6.07) is 16.2. The number of allylic oxidation sites excluding steroid dienone is 1. The van der Waals surface area contributed by atoms with E-state index >= 15 is 0 Å². The number of esters is 1. The maximum atomic E-state index is 12.8. The number of benzene rings is 2. The van der Waals surface area contributed by atoms with Crippen molar-refractivity contribution in [3.05, 3.63) is 77.0 Å². The van der Waals surface area contributed by atoms with Gasteiger partial charge in [0.2, 0.25) is 0 Å². The van der Waals surface area contributed by atoms with Crippen LogP contribution in [0.2, 0.25) is 0 Å². The predicted octanol–water partition coefficient (Wildman–Crippen LogP) is 3.50. The van der Waals surface area contributed by atoms with E-state index in [1.165, 1.54) is 0 Å². The Morgan fingerprint density at radius 1 is 1.07 bits per heavy atom. The molecule has 1 unspecified atom stereocenters. The highest BCUT2D eigenvalue weighted by atomic mass is 16.5. The standard InChI is InChI=1S/C22H24N2O4/c1-3-27-18-12-8-7-11-17(18)20-19(15(2)23-22(26)24-20)21(25)28-14-13-16-9-5-4-6-10-16/h4-12,20H,3,13-14H2,1-2H3,(H2,23,24,26). The van der Waals surface area contributed by atoms with Gasteiger partial charge in [0.15, 0.2) is 0 Å². The Hall–Kier alpha value is -3.28. The molecule has 0 saturated carbocycles. The number of hydrogen-bond acceptors (Lipinski definition) is 4. The Kier molecular flexibility index (Phi) is 6.32. The fourth-order valence-electron chi connectivity index (χ4n) is 3.19. The Morgan fingerprint density at radius 2 is 1.79 bits per heavy atom. The average Bonchev–Trinajstić information content (AvgIpc) is 2.69. The summed E-state index contributed by atoms with van der Waals surface area (Å²) in [5.41, 5.74) is 2.66. The molecule has 2 aromatic rings. The van der Waals surface area contributed by atoms with Gasteiger partial charge in [-0.3, -0.25) is 0 Å². The largest absolute Gasteiger partial charge is 0.494 e. The van der Waals surface area contributed by atoms with Gasteiger partial charge in [-0.1, -0.05) is 48.5 Å². The molecular formula is C22H24N2O4. The Bertz CT molecular complexity index is 877. The molecule has 6 heteroatoms. The van der Waals surface area contributed by atoms with Crippen LogP contribution in [0.3, 0.4) is 0 Å². The van der Waals surface area contributed by atoms with Crippen molar-refractivity contribution in [2.24, 2.45) is 0 Å². The lowest BCUT2D eigenvalue weighted by atomic mass is 9.95. The summed E-state index contributed by atoms with van der Waals surface area (Å²) in [6.07, 6.45) is 0.624. The molecule has 0 aromatic heterocycles. The van der Waals surface area contributed by atoms with E-state index in [2.05, 4.69) is 10.6 Å². The molecule has 3 rings (SSSR count). The van der Waals surface area contributed by atoms with Gasteiger partial charge in [0.1, 0.15) is 5.75 Å². The van der Waals surface area contributed by atoms with Gasteiger partial charge in [0, 0.05) is 17.7 Å². The van der Waals surface area contributed by atoms with Crippen LogP contribution in [0.4, 0.5) is 4.79 Å². The van der Waals surface area contributed by atoms with Crippen LogP contribution >= 0.6 is 0 Å². The molecule has 0 radical (unpaired) electrons. The van der Waals surface area contributed by atoms with Crippen LogP contribution in [0.5, 0.6) is 5.75 Å². The Labute approximate surface area is 164 Å². The van der Waals surface area contributed by atoms with Crippen LogP contribution in [0.25, 0.3) is 0 Å². The molecule has 0 bridgehead atoms. The SMILES string of the molecule is CCOc1ccccc1C1NC(=O)NC(C)=C1C(=O)OCCc1ccccc1. The molecule has 0 aliphatic carbocycles. The Morgan fingerprint density at radius 3 is 2.54 bits per heavy atom. The zero-order chi connectivity index (χ0) is 19.9. The molecule has 0 saturated heterocycles. The molecular weight excluding hydrogens is 356 g/mol. The van der Waals surface area contributed by atoms with Crippen LogP contribution in [0, 0.1) is 0 Å². The van der Waals surface area contributed by atoms with E-state index < -0.39 is 12.0 Å². The first-order valence-electron chi connectivity index (χ1n) is 9.31. The van der Waals surface area contributed by atoms with Crippen molar-refractivity contribution >= 4 is 12.0 Å². The summed E-state index contributed by atoms with van der Waals surface area (Å²) in [6.45, 7) is 4.32. The number of carbonyl (C=O) groups is 2. The number of carbonyl (C=O) groups excluding carboxylic acids is 2. The van der Waals surface area contributed by atoms with Crippen molar-refractivity contribution in [2.75, 3.05) is 13.2 Å². The molecule has 1 atom stereocenters. The predicted molar refractivity (Wildman–Crippen MR) is 106 cm³/mol. The molecule has 146 valence electrons. The lowest BCUT2D eigenvalue weighted by Crippen LogP contribution is -2.45. The van der Waals surface area contributed by atoms with E-state index in [9.17, 15) is 9.59 Å². The fourth-order valence-corrected chi connectivity index (χ4v) is 3.19. The smallest absolute Gasteiger partial charge is 0.338 e. The Balaban J connectivity index is 1.80. The molecule has 1 aliphatic rings. The van der Waals surface area contributed by atoms with Crippen LogP contribution < -0.4 is 15.4 Å². The number of amides is 2. The van der Waals surface area contributed by atoms with Gasteiger partial charge >= 0.3 is 12.0 Å². The van der Waals surface area contributed by atoms with E-state index in [0.29, 0.717) is 35.6 Å². The van der Waals surface area contributed by atoms with Gasteiger partial charge in [-0.25, -0.2) is 9.59 Å². The van der Waals surface area contributed by atoms with Crippen molar-refractivity contribution in [1.82, 2.24) is 10.6 Å². The van der Waals surface area contributed by atoms with Gasteiger partial charge in [-0.2, -0.15) is 0 Å². The number of urea groups is 1. The maximum absolute atomic E-state index is 12.8. The van der Waals surface area contributed by atoms with Gasteiger partial charge < -0.3 is 20.1 Å². The molecule has 2 N–H and O–H groups in total. The van der Waals surface area contributed by atoms with E-state index in [4.69, 9.17) is 9.47 Å². The topological polar surface area (TPSA) is 76.7 Å². The van der Waals surface area contributed by atoms with Crippen molar-refractivity contribution in [2.45, 2.75) is 26.3 Å². The van der Waals surface area contributed by atoms with E-state index in [1.54, 1.807) is 6.92 Å². The lowest BCUT2D eigenvalue weighted by Gasteiger charge is -2.29. The minimum absolute atomic E-state index is 0.257. The zero-order valence-corrected chi connectivity index (χ0v) is 16.0. The molecule has 28 heavy (non-hydrogen) atoms. The molecule has 2 amide bonds. The number of ether oxygens (including phenoxy) is 2. The quantitative estimate of drug-likeness (QED) is 0.721. The van der Waals surface area contributed by atoms with Crippen molar-refractivity contribution in [3.63, 3.8) is 0 Å². The van der Waals surface area contributed by atoms with Crippen LogP contribution in [-0.4, -0.2) is 25.2 Å². The summed E-state index contributed by atoms with van der Waals surface area (Å²) >= 11 is 0. The summed E-state index contributed by atoms with van der Waals surface area (Å²) in [5.74, 6) is 0.164. The highest BCUT2D eigenvalue weighted by molar-refractivity contribution is 5.95. The summed E-state index contributed by atoms with van der Waals surface area (Å²) in [5, 5.41) is 5.47. The molecule has 0 fully saturated rings. The van der Waals surface area contributed by atoms with Crippen LogP contribution in [0.15, 0.2) is 65.9 Å². The van der Waals surface area contributed by atoms with Gasteiger partial charge in [-0.15, -0.1) is 0 Å². The number of hydrogen-bond donors (Lipinski definition) is 2. The fraction of sp³-hybridized carbons (Fsp3) is 0.273.